The molecule has 0 aromatic carbocycles. The predicted octanol–water partition coefficient (Wildman–Crippen LogP) is 0.307. The van der Waals surface area contributed by atoms with E-state index in [1.54, 1.807) is 17.1 Å². The summed E-state index contributed by atoms with van der Waals surface area (Å²) in [5.41, 5.74) is 2.06. The third kappa shape index (κ3) is 3.43. The van der Waals surface area contributed by atoms with E-state index in [9.17, 15) is 4.79 Å². The Labute approximate surface area is 80.8 Å². The maximum absolute atomic E-state index is 10.7. The van der Waals surface area contributed by atoms with Gasteiger partial charge in [-0.05, 0) is 6.42 Å². The zero-order valence-corrected chi connectivity index (χ0v) is 7.79. The van der Waals surface area contributed by atoms with E-state index in [0.717, 1.165) is 0 Å². The molecule has 0 radical (unpaired) electrons. The van der Waals surface area contributed by atoms with Gasteiger partial charge in [0.05, 0.1) is 11.2 Å². The van der Waals surface area contributed by atoms with Crippen LogP contribution in [0.1, 0.15) is 12.8 Å². The number of aromatic nitrogens is 2. The average Bonchev–Trinajstić information content (AvgIpc) is 2.51. The summed E-state index contributed by atoms with van der Waals surface area (Å²) in [5.74, 6) is 4.74. The quantitative estimate of drug-likeness (QED) is 0.419. The van der Waals surface area contributed by atoms with Crippen molar-refractivity contribution in [3.8, 4) is 0 Å². The highest BCUT2D eigenvalue weighted by molar-refractivity contribution is 6.30. The maximum atomic E-state index is 10.7. The van der Waals surface area contributed by atoms with Crippen LogP contribution in [0.25, 0.3) is 0 Å². The number of rotatable bonds is 4. The van der Waals surface area contributed by atoms with E-state index in [2.05, 4.69) is 10.5 Å². The lowest BCUT2D eigenvalue weighted by Crippen LogP contribution is -2.29. The Morgan fingerprint density at radius 1 is 1.77 bits per heavy atom. The predicted molar refractivity (Wildman–Crippen MR) is 48.8 cm³/mol. The van der Waals surface area contributed by atoms with E-state index in [0.29, 0.717) is 24.4 Å². The van der Waals surface area contributed by atoms with Crippen LogP contribution in [0.5, 0.6) is 0 Å². The first-order valence-electron chi connectivity index (χ1n) is 3.90. The number of hydrogen-bond acceptors (Lipinski definition) is 3. The summed E-state index contributed by atoms with van der Waals surface area (Å²) >= 11 is 5.65. The lowest BCUT2D eigenvalue weighted by Gasteiger charge is -2.00. The molecule has 0 saturated carbocycles. The van der Waals surface area contributed by atoms with Gasteiger partial charge in [-0.15, -0.1) is 0 Å². The highest BCUT2D eigenvalue weighted by Crippen LogP contribution is 2.05. The van der Waals surface area contributed by atoms with Gasteiger partial charge >= 0.3 is 0 Å². The van der Waals surface area contributed by atoms with Crippen LogP contribution in [0.15, 0.2) is 12.4 Å². The Bertz CT molecular complexity index is 286. The van der Waals surface area contributed by atoms with Crippen molar-refractivity contribution < 1.29 is 4.79 Å². The average molecular weight is 203 g/mol. The molecule has 0 aliphatic rings. The SMILES string of the molecule is NNC(=O)CCCn1cc(Cl)cn1. The molecule has 1 heterocycles. The van der Waals surface area contributed by atoms with Gasteiger partial charge in [-0.3, -0.25) is 14.9 Å². The highest BCUT2D eigenvalue weighted by atomic mass is 35.5. The number of carbonyl (C=O) groups is 1. The van der Waals surface area contributed by atoms with Gasteiger partial charge in [-0.1, -0.05) is 11.6 Å². The number of nitrogens with one attached hydrogen (secondary N) is 1. The first-order valence-corrected chi connectivity index (χ1v) is 4.27. The van der Waals surface area contributed by atoms with Gasteiger partial charge in [-0.2, -0.15) is 5.10 Å². The monoisotopic (exact) mass is 202 g/mol. The van der Waals surface area contributed by atoms with E-state index in [1.165, 1.54) is 0 Å². The second-order valence-electron chi connectivity index (χ2n) is 2.59. The number of nitrogens with two attached hydrogens (primary N) is 1. The number of hydrogen-bond donors (Lipinski definition) is 2. The maximum Gasteiger partial charge on any atom is 0.233 e. The van der Waals surface area contributed by atoms with Crippen LogP contribution in [0, 0.1) is 0 Å². The lowest BCUT2D eigenvalue weighted by molar-refractivity contribution is -0.121. The van der Waals surface area contributed by atoms with Crippen molar-refractivity contribution in [3.63, 3.8) is 0 Å². The van der Waals surface area contributed by atoms with Crippen LogP contribution in [0.4, 0.5) is 0 Å². The van der Waals surface area contributed by atoms with Crippen molar-refractivity contribution in [1.29, 1.82) is 0 Å². The van der Waals surface area contributed by atoms with Crippen molar-refractivity contribution >= 4 is 17.5 Å². The summed E-state index contributed by atoms with van der Waals surface area (Å²) < 4.78 is 1.69. The molecule has 0 aliphatic carbocycles. The molecule has 0 saturated heterocycles. The van der Waals surface area contributed by atoms with Gasteiger partial charge in [0.2, 0.25) is 5.91 Å². The molecule has 0 spiro atoms. The minimum atomic E-state index is -0.168. The Balaban J connectivity index is 2.24. The number of hydrazine groups is 1. The third-order valence-electron chi connectivity index (χ3n) is 1.55. The number of halogens is 1. The molecule has 0 fully saturated rings. The van der Waals surface area contributed by atoms with Crippen LogP contribution in [0.3, 0.4) is 0 Å². The molecule has 0 unspecified atom stereocenters. The molecule has 1 rings (SSSR count). The Kier molecular flexibility index (Phi) is 3.72. The van der Waals surface area contributed by atoms with Crippen molar-refractivity contribution in [2.75, 3.05) is 0 Å². The van der Waals surface area contributed by atoms with Gasteiger partial charge in [-0.25, -0.2) is 5.84 Å². The first kappa shape index (κ1) is 10.0. The van der Waals surface area contributed by atoms with Crippen molar-refractivity contribution in [1.82, 2.24) is 15.2 Å². The number of carbonyl (C=O) groups excluding carboxylic acids is 1. The van der Waals surface area contributed by atoms with Gasteiger partial charge < -0.3 is 0 Å². The van der Waals surface area contributed by atoms with Crippen molar-refractivity contribution in [2.24, 2.45) is 5.84 Å². The standard InChI is InChI=1S/C7H11ClN4O/c8-6-4-10-12(5-6)3-1-2-7(13)11-9/h4-5H,1-3,9H2,(H,11,13). The van der Waals surface area contributed by atoms with Crippen LogP contribution >= 0.6 is 11.6 Å². The smallest absolute Gasteiger partial charge is 0.233 e. The Morgan fingerprint density at radius 2 is 2.54 bits per heavy atom. The molecule has 0 atom stereocenters. The largest absolute Gasteiger partial charge is 0.294 e. The van der Waals surface area contributed by atoms with E-state index in [1.807, 2.05) is 0 Å². The highest BCUT2D eigenvalue weighted by Gasteiger charge is 1.99. The minimum absolute atomic E-state index is 0.168. The molecule has 3 N–H and O–H groups in total. The van der Waals surface area contributed by atoms with E-state index in [4.69, 9.17) is 17.4 Å². The molecular weight excluding hydrogens is 192 g/mol. The summed E-state index contributed by atoms with van der Waals surface area (Å²) in [6.45, 7) is 0.667. The fourth-order valence-corrected chi connectivity index (χ4v) is 1.09. The second kappa shape index (κ2) is 4.84. The molecule has 5 nitrogen and oxygen atoms in total. The van der Waals surface area contributed by atoms with E-state index < -0.39 is 0 Å². The van der Waals surface area contributed by atoms with Crippen LogP contribution in [0.2, 0.25) is 5.02 Å². The lowest BCUT2D eigenvalue weighted by atomic mass is 10.3. The molecule has 72 valence electrons. The molecule has 1 aromatic heterocycles. The normalized spacial score (nSPS) is 10.0. The topological polar surface area (TPSA) is 72.9 Å². The molecule has 1 amide bonds. The summed E-state index contributed by atoms with van der Waals surface area (Å²) in [5, 5.41) is 4.56. The molecular formula is C7H11ClN4O. The zero-order valence-electron chi connectivity index (χ0n) is 7.03. The van der Waals surface area contributed by atoms with Crippen LogP contribution < -0.4 is 11.3 Å². The second-order valence-corrected chi connectivity index (χ2v) is 3.03. The molecule has 6 heteroatoms. The molecule has 0 aliphatic heterocycles. The summed E-state index contributed by atoms with van der Waals surface area (Å²) in [6, 6.07) is 0. The van der Waals surface area contributed by atoms with Crippen LogP contribution in [-0.4, -0.2) is 15.7 Å². The van der Waals surface area contributed by atoms with Gasteiger partial charge in [0.15, 0.2) is 0 Å². The number of amides is 1. The fraction of sp³-hybridized carbons (Fsp3) is 0.429. The Morgan fingerprint density at radius 3 is 3.08 bits per heavy atom. The summed E-state index contributed by atoms with van der Waals surface area (Å²) in [4.78, 5) is 10.7. The fourth-order valence-electron chi connectivity index (χ4n) is 0.934. The summed E-state index contributed by atoms with van der Waals surface area (Å²) in [7, 11) is 0. The third-order valence-corrected chi connectivity index (χ3v) is 1.75. The molecule has 0 bridgehead atoms. The van der Waals surface area contributed by atoms with E-state index >= 15 is 0 Å². The van der Waals surface area contributed by atoms with Crippen molar-refractivity contribution in [2.45, 2.75) is 19.4 Å². The summed E-state index contributed by atoms with van der Waals surface area (Å²) in [6.07, 6.45) is 4.36. The minimum Gasteiger partial charge on any atom is -0.294 e. The molecule has 13 heavy (non-hydrogen) atoms. The van der Waals surface area contributed by atoms with E-state index in [-0.39, 0.29) is 5.91 Å². The van der Waals surface area contributed by atoms with Crippen LogP contribution in [-0.2, 0) is 11.3 Å². The number of aryl methyl sites for hydroxylation is 1. The first-order chi connectivity index (χ1) is 6.22. The van der Waals surface area contributed by atoms with Gasteiger partial charge in [0, 0.05) is 19.2 Å². The van der Waals surface area contributed by atoms with Gasteiger partial charge in [0.1, 0.15) is 0 Å². The molecule has 1 aromatic rings. The zero-order chi connectivity index (χ0) is 9.68. The van der Waals surface area contributed by atoms with Gasteiger partial charge in [0.25, 0.3) is 0 Å². The number of nitrogens with zero attached hydrogens (tertiary/aromatic N) is 2. The Hall–Kier alpha value is -1.07. The van der Waals surface area contributed by atoms with Crippen molar-refractivity contribution in [3.05, 3.63) is 17.4 Å².